The molecule has 70 valence electrons. The zero-order valence-corrected chi connectivity index (χ0v) is 8.17. The first-order valence-electron chi connectivity index (χ1n) is 3.71. The average Bonchev–Trinajstić information content (AvgIpc) is 2.12. The van der Waals surface area contributed by atoms with Crippen LogP contribution in [0.5, 0.6) is 5.75 Å². The highest BCUT2D eigenvalue weighted by molar-refractivity contribution is 6.31. The van der Waals surface area contributed by atoms with Crippen molar-refractivity contribution in [1.29, 1.82) is 0 Å². The van der Waals surface area contributed by atoms with Crippen LogP contribution in [-0.2, 0) is 4.84 Å². The van der Waals surface area contributed by atoms with E-state index in [1.54, 1.807) is 13.0 Å². The van der Waals surface area contributed by atoms with Crippen molar-refractivity contribution in [3.8, 4) is 5.75 Å². The fourth-order valence-electron chi connectivity index (χ4n) is 0.956. The van der Waals surface area contributed by atoms with E-state index in [9.17, 15) is 5.11 Å². The lowest BCUT2D eigenvalue weighted by atomic mass is 10.1. The van der Waals surface area contributed by atoms with Crippen LogP contribution < -0.4 is 0 Å². The van der Waals surface area contributed by atoms with Gasteiger partial charge < -0.3 is 9.94 Å². The summed E-state index contributed by atoms with van der Waals surface area (Å²) < 4.78 is 0. The van der Waals surface area contributed by atoms with E-state index in [0.717, 1.165) is 5.56 Å². The highest BCUT2D eigenvalue weighted by Crippen LogP contribution is 2.25. The number of hydrogen-bond donors (Lipinski definition) is 1. The quantitative estimate of drug-likeness (QED) is 0.587. The van der Waals surface area contributed by atoms with E-state index in [4.69, 9.17) is 11.6 Å². The predicted molar refractivity (Wildman–Crippen MR) is 52.5 cm³/mol. The van der Waals surface area contributed by atoms with E-state index < -0.39 is 0 Å². The molecule has 0 radical (unpaired) electrons. The monoisotopic (exact) mass is 199 g/mol. The minimum absolute atomic E-state index is 0.141. The molecule has 0 saturated heterocycles. The Kier molecular flexibility index (Phi) is 3.14. The maximum atomic E-state index is 9.44. The zero-order valence-electron chi connectivity index (χ0n) is 7.41. The van der Waals surface area contributed by atoms with Crippen LogP contribution in [-0.4, -0.2) is 18.4 Å². The smallest absolute Gasteiger partial charge is 0.124 e. The topological polar surface area (TPSA) is 41.8 Å². The second-order valence-electron chi connectivity index (χ2n) is 2.52. The molecule has 0 fully saturated rings. The second kappa shape index (κ2) is 4.14. The van der Waals surface area contributed by atoms with E-state index in [2.05, 4.69) is 9.99 Å². The van der Waals surface area contributed by atoms with Gasteiger partial charge in [-0.05, 0) is 24.6 Å². The maximum absolute atomic E-state index is 9.44. The molecule has 1 aromatic rings. The van der Waals surface area contributed by atoms with Crippen molar-refractivity contribution in [2.24, 2.45) is 5.16 Å². The molecule has 0 atom stereocenters. The molecule has 0 aromatic heterocycles. The number of phenolic OH excluding ortho intramolecular Hbond substituents is 1. The summed E-state index contributed by atoms with van der Waals surface area (Å²) in [6.45, 7) is 1.80. The molecule has 1 N–H and O–H groups in total. The van der Waals surface area contributed by atoms with E-state index in [-0.39, 0.29) is 5.75 Å². The second-order valence-corrected chi connectivity index (χ2v) is 2.93. The van der Waals surface area contributed by atoms with Gasteiger partial charge in [0.25, 0.3) is 0 Å². The molecule has 1 aromatic carbocycles. The van der Waals surface area contributed by atoms with Gasteiger partial charge in [0.15, 0.2) is 0 Å². The Morgan fingerprint density at radius 3 is 2.85 bits per heavy atom. The summed E-state index contributed by atoms with van der Waals surface area (Å²) >= 11 is 5.85. The van der Waals surface area contributed by atoms with E-state index in [0.29, 0.717) is 10.6 Å². The van der Waals surface area contributed by atoms with Crippen molar-refractivity contribution >= 4 is 17.8 Å². The van der Waals surface area contributed by atoms with Crippen LogP contribution in [0.1, 0.15) is 11.1 Å². The van der Waals surface area contributed by atoms with Gasteiger partial charge in [-0.1, -0.05) is 16.8 Å². The number of hydrogen-bond acceptors (Lipinski definition) is 3. The van der Waals surface area contributed by atoms with Crippen LogP contribution in [0.4, 0.5) is 0 Å². The third-order valence-electron chi connectivity index (χ3n) is 1.71. The molecule has 13 heavy (non-hydrogen) atoms. The van der Waals surface area contributed by atoms with Gasteiger partial charge in [0.2, 0.25) is 0 Å². The molecule has 0 unspecified atom stereocenters. The molecular weight excluding hydrogens is 190 g/mol. The summed E-state index contributed by atoms with van der Waals surface area (Å²) in [6, 6.07) is 3.16. The summed E-state index contributed by atoms with van der Waals surface area (Å²) in [6.07, 6.45) is 1.43. The SMILES string of the molecule is CON=Cc1c(O)ccc(Cl)c1C. The van der Waals surface area contributed by atoms with Crippen LogP contribution in [0, 0.1) is 6.92 Å². The van der Waals surface area contributed by atoms with Crippen LogP contribution in [0.2, 0.25) is 5.02 Å². The highest BCUT2D eigenvalue weighted by Gasteiger charge is 2.05. The normalized spacial score (nSPS) is 10.7. The molecule has 4 heteroatoms. The minimum Gasteiger partial charge on any atom is -0.507 e. The Balaban J connectivity index is 3.17. The number of halogens is 1. The third-order valence-corrected chi connectivity index (χ3v) is 2.12. The third kappa shape index (κ3) is 2.12. The van der Waals surface area contributed by atoms with Crippen molar-refractivity contribution in [2.45, 2.75) is 6.92 Å². The highest BCUT2D eigenvalue weighted by atomic mass is 35.5. The maximum Gasteiger partial charge on any atom is 0.124 e. The molecule has 0 bridgehead atoms. The van der Waals surface area contributed by atoms with Crippen molar-refractivity contribution in [3.63, 3.8) is 0 Å². The van der Waals surface area contributed by atoms with Gasteiger partial charge in [0.05, 0.1) is 6.21 Å². The first kappa shape index (κ1) is 9.86. The number of phenols is 1. The number of oxime groups is 1. The van der Waals surface area contributed by atoms with Gasteiger partial charge in [-0.25, -0.2) is 0 Å². The molecule has 0 spiro atoms. The summed E-state index contributed by atoms with van der Waals surface area (Å²) in [5.41, 5.74) is 1.36. The first-order chi connectivity index (χ1) is 6.16. The molecule has 0 aliphatic rings. The molecule has 0 heterocycles. The molecule has 0 aliphatic heterocycles. The van der Waals surface area contributed by atoms with E-state index in [1.165, 1.54) is 19.4 Å². The molecule has 3 nitrogen and oxygen atoms in total. The summed E-state index contributed by atoms with van der Waals surface area (Å²) in [7, 11) is 1.44. The lowest BCUT2D eigenvalue weighted by Gasteiger charge is -2.04. The summed E-state index contributed by atoms with van der Waals surface area (Å²) in [4.78, 5) is 4.51. The molecule has 0 aliphatic carbocycles. The van der Waals surface area contributed by atoms with Crippen LogP contribution in [0.15, 0.2) is 17.3 Å². The molecule has 0 saturated carbocycles. The van der Waals surface area contributed by atoms with Crippen LogP contribution in [0.25, 0.3) is 0 Å². The Labute approximate surface area is 81.6 Å². The van der Waals surface area contributed by atoms with Crippen molar-refractivity contribution in [1.82, 2.24) is 0 Å². The number of nitrogens with zero attached hydrogens (tertiary/aromatic N) is 1. The van der Waals surface area contributed by atoms with Crippen molar-refractivity contribution < 1.29 is 9.94 Å². The Bertz CT molecular complexity index is 337. The minimum atomic E-state index is 0.141. The lowest BCUT2D eigenvalue weighted by Crippen LogP contribution is -1.89. The fraction of sp³-hybridized carbons (Fsp3) is 0.222. The Morgan fingerprint density at radius 2 is 2.23 bits per heavy atom. The van der Waals surface area contributed by atoms with Gasteiger partial charge in [-0.2, -0.15) is 0 Å². The molecule has 1 rings (SSSR count). The molecule has 0 amide bonds. The number of aromatic hydroxyl groups is 1. The Morgan fingerprint density at radius 1 is 1.54 bits per heavy atom. The zero-order chi connectivity index (χ0) is 9.84. The van der Waals surface area contributed by atoms with Gasteiger partial charge in [-0.3, -0.25) is 0 Å². The lowest BCUT2D eigenvalue weighted by molar-refractivity contribution is 0.215. The van der Waals surface area contributed by atoms with Crippen LogP contribution in [0.3, 0.4) is 0 Å². The van der Waals surface area contributed by atoms with Crippen molar-refractivity contribution in [3.05, 3.63) is 28.3 Å². The van der Waals surface area contributed by atoms with Gasteiger partial charge in [-0.15, -0.1) is 0 Å². The largest absolute Gasteiger partial charge is 0.507 e. The summed E-state index contributed by atoms with van der Waals surface area (Å²) in [5, 5.41) is 13.6. The predicted octanol–water partition coefficient (Wildman–Crippen LogP) is 2.33. The van der Waals surface area contributed by atoms with Crippen LogP contribution >= 0.6 is 11.6 Å². The first-order valence-corrected chi connectivity index (χ1v) is 4.09. The standard InChI is InChI=1S/C9H10ClNO2/c1-6-7(5-11-13-2)9(12)4-3-8(6)10/h3-5,12H,1-2H3. The Hall–Kier alpha value is -1.22. The van der Waals surface area contributed by atoms with E-state index >= 15 is 0 Å². The van der Waals surface area contributed by atoms with Gasteiger partial charge in [0, 0.05) is 10.6 Å². The fourth-order valence-corrected chi connectivity index (χ4v) is 1.12. The van der Waals surface area contributed by atoms with Gasteiger partial charge >= 0.3 is 0 Å². The average molecular weight is 200 g/mol. The van der Waals surface area contributed by atoms with E-state index in [1.807, 2.05) is 0 Å². The summed E-state index contributed by atoms with van der Waals surface area (Å²) in [5.74, 6) is 0.141. The molecular formula is C9H10ClNO2. The van der Waals surface area contributed by atoms with Crippen molar-refractivity contribution in [2.75, 3.05) is 7.11 Å². The number of rotatable bonds is 2. The number of benzene rings is 1. The van der Waals surface area contributed by atoms with Gasteiger partial charge in [0.1, 0.15) is 12.9 Å².